The summed E-state index contributed by atoms with van der Waals surface area (Å²) in [6.45, 7) is 5.04. The van der Waals surface area contributed by atoms with Gasteiger partial charge in [0, 0.05) is 48.2 Å². The van der Waals surface area contributed by atoms with Crippen LogP contribution in [0.4, 0.5) is 5.69 Å². The van der Waals surface area contributed by atoms with Gasteiger partial charge in [-0.3, -0.25) is 9.78 Å². The van der Waals surface area contributed by atoms with Crippen LogP contribution in [0.2, 0.25) is 0 Å². The zero-order valence-corrected chi connectivity index (χ0v) is 20.7. The molecule has 1 saturated heterocycles. The Balaban J connectivity index is 1.34. The normalized spacial score (nSPS) is 16.6. The zero-order valence-electron chi connectivity index (χ0n) is 20.7. The molecule has 5 rings (SSSR count). The molecule has 0 bridgehead atoms. The molecule has 0 aliphatic carbocycles. The first-order chi connectivity index (χ1) is 16.9. The van der Waals surface area contributed by atoms with Crippen molar-refractivity contribution in [1.29, 1.82) is 0 Å². The SMILES string of the molecule is CC(C)c1cnn2ccc(-c3ccnc(Cc4ccc(N5CC(N(C)C)CCC5=O)cn4)n3)cc12. The number of fused-ring (bicyclic) bond motifs is 1. The molecule has 1 atom stereocenters. The van der Waals surface area contributed by atoms with Gasteiger partial charge in [-0.1, -0.05) is 13.8 Å². The van der Waals surface area contributed by atoms with E-state index in [4.69, 9.17) is 4.98 Å². The van der Waals surface area contributed by atoms with Gasteiger partial charge in [0.25, 0.3) is 0 Å². The maximum atomic E-state index is 12.5. The van der Waals surface area contributed by atoms with Crippen LogP contribution in [0.25, 0.3) is 16.8 Å². The van der Waals surface area contributed by atoms with Crippen molar-refractivity contribution in [3.05, 3.63) is 72.2 Å². The van der Waals surface area contributed by atoms with Gasteiger partial charge in [-0.25, -0.2) is 14.5 Å². The molecule has 1 aliphatic rings. The third-order valence-electron chi connectivity index (χ3n) is 6.75. The third kappa shape index (κ3) is 4.79. The van der Waals surface area contributed by atoms with Gasteiger partial charge < -0.3 is 9.80 Å². The first kappa shape index (κ1) is 23.1. The molecule has 8 nitrogen and oxygen atoms in total. The number of hydrogen-bond donors (Lipinski definition) is 0. The van der Waals surface area contributed by atoms with Gasteiger partial charge in [-0.2, -0.15) is 5.10 Å². The smallest absolute Gasteiger partial charge is 0.227 e. The second-order valence-corrected chi connectivity index (χ2v) is 9.70. The van der Waals surface area contributed by atoms with Crippen molar-refractivity contribution in [1.82, 2.24) is 29.5 Å². The number of aromatic nitrogens is 5. The highest BCUT2D eigenvalue weighted by molar-refractivity contribution is 5.94. The fraction of sp³-hybridized carbons (Fsp3) is 0.370. The standard InChI is InChI=1S/C27H31N7O/c1-18(2)23-16-30-34-12-10-19(13-25(23)34)24-9-11-28-26(31-24)14-20-5-6-21(15-29-20)33-17-22(32(3)4)7-8-27(33)35/h5-6,9-13,15-16,18,22H,7-8,14,17H2,1-4H3. The average molecular weight is 470 g/mol. The average Bonchev–Trinajstić information content (AvgIpc) is 3.29. The number of hydrogen-bond acceptors (Lipinski definition) is 6. The predicted octanol–water partition coefficient (Wildman–Crippen LogP) is 3.96. The van der Waals surface area contributed by atoms with Crippen molar-refractivity contribution in [2.24, 2.45) is 0 Å². The van der Waals surface area contributed by atoms with Crippen molar-refractivity contribution >= 4 is 17.1 Å². The molecule has 8 heteroatoms. The number of carbonyl (C=O) groups is 1. The van der Waals surface area contributed by atoms with E-state index in [0.29, 0.717) is 37.2 Å². The second-order valence-electron chi connectivity index (χ2n) is 9.70. The lowest BCUT2D eigenvalue weighted by Gasteiger charge is -2.35. The summed E-state index contributed by atoms with van der Waals surface area (Å²) in [5.41, 5.74) is 5.93. The summed E-state index contributed by atoms with van der Waals surface area (Å²) in [5.74, 6) is 1.26. The molecule has 0 spiro atoms. The fourth-order valence-corrected chi connectivity index (χ4v) is 4.59. The number of anilines is 1. The van der Waals surface area contributed by atoms with Gasteiger partial charge in [0.05, 0.1) is 35.7 Å². The lowest BCUT2D eigenvalue weighted by Crippen LogP contribution is -2.48. The minimum atomic E-state index is 0.157. The molecule has 4 aromatic rings. The Labute approximate surface area is 205 Å². The van der Waals surface area contributed by atoms with E-state index in [0.717, 1.165) is 34.6 Å². The summed E-state index contributed by atoms with van der Waals surface area (Å²) in [4.78, 5) is 30.4. The summed E-state index contributed by atoms with van der Waals surface area (Å²) in [6, 6.07) is 10.4. The molecular formula is C27H31N7O. The molecule has 4 aromatic heterocycles. The Morgan fingerprint density at radius 2 is 1.97 bits per heavy atom. The van der Waals surface area contributed by atoms with E-state index in [2.05, 4.69) is 54.0 Å². The van der Waals surface area contributed by atoms with Crippen molar-refractivity contribution < 1.29 is 4.79 Å². The summed E-state index contributed by atoms with van der Waals surface area (Å²) in [5, 5.41) is 4.45. The summed E-state index contributed by atoms with van der Waals surface area (Å²) in [6.07, 6.45) is 9.47. The van der Waals surface area contributed by atoms with E-state index >= 15 is 0 Å². The van der Waals surface area contributed by atoms with Crippen molar-refractivity contribution in [2.45, 2.75) is 45.1 Å². The zero-order chi connectivity index (χ0) is 24.5. The lowest BCUT2D eigenvalue weighted by atomic mass is 10.0. The number of amides is 1. The number of carbonyl (C=O) groups excluding carboxylic acids is 1. The molecule has 5 heterocycles. The van der Waals surface area contributed by atoms with Crippen LogP contribution >= 0.6 is 0 Å². The maximum absolute atomic E-state index is 12.5. The predicted molar refractivity (Wildman–Crippen MR) is 136 cm³/mol. The van der Waals surface area contributed by atoms with Crippen molar-refractivity contribution in [3.8, 4) is 11.3 Å². The first-order valence-electron chi connectivity index (χ1n) is 12.1. The molecular weight excluding hydrogens is 438 g/mol. The molecule has 0 aromatic carbocycles. The third-order valence-corrected chi connectivity index (χ3v) is 6.75. The molecule has 1 amide bonds. The number of nitrogens with zero attached hydrogens (tertiary/aromatic N) is 7. The van der Waals surface area contributed by atoms with Crippen LogP contribution in [0, 0.1) is 0 Å². The number of rotatable bonds is 6. The highest BCUT2D eigenvalue weighted by atomic mass is 16.2. The summed E-state index contributed by atoms with van der Waals surface area (Å²) >= 11 is 0. The topological polar surface area (TPSA) is 79.5 Å². The molecule has 0 N–H and O–H groups in total. The van der Waals surface area contributed by atoms with Gasteiger partial charge in [0.2, 0.25) is 5.91 Å². The van der Waals surface area contributed by atoms with Crippen molar-refractivity contribution in [2.75, 3.05) is 25.5 Å². The van der Waals surface area contributed by atoms with E-state index in [1.165, 1.54) is 5.56 Å². The highest BCUT2D eigenvalue weighted by Gasteiger charge is 2.28. The van der Waals surface area contributed by atoms with Gasteiger partial charge in [-0.15, -0.1) is 0 Å². The van der Waals surface area contributed by atoms with E-state index in [1.54, 1.807) is 12.4 Å². The Morgan fingerprint density at radius 1 is 1.11 bits per heavy atom. The molecule has 1 aliphatic heterocycles. The van der Waals surface area contributed by atoms with Crippen LogP contribution < -0.4 is 4.90 Å². The molecule has 180 valence electrons. The van der Waals surface area contributed by atoms with Crippen LogP contribution in [-0.4, -0.2) is 62.1 Å². The first-order valence-corrected chi connectivity index (χ1v) is 12.1. The Hall–Kier alpha value is -3.65. The minimum Gasteiger partial charge on any atom is -0.309 e. The van der Waals surface area contributed by atoms with E-state index < -0.39 is 0 Å². The Morgan fingerprint density at radius 3 is 2.71 bits per heavy atom. The number of piperidine rings is 1. The molecule has 1 fully saturated rings. The molecule has 35 heavy (non-hydrogen) atoms. The maximum Gasteiger partial charge on any atom is 0.227 e. The number of likely N-dealkylation sites (N-methyl/N-ethyl adjacent to an activating group) is 1. The summed E-state index contributed by atoms with van der Waals surface area (Å²) < 4.78 is 1.90. The van der Waals surface area contributed by atoms with Crippen LogP contribution in [0.3, 0.4) is 0 Å². The molecule has 0 radical (unpaired) electrons. The van der Waals surface area contributed by atoms with Crippen LogP contribution in [0.1, 0.15) is 49.7 Å². The van der Waals surface area contributed by atoms with Crippen molar-refractivity contribution in [3.63, 3.8) is 0 Å². The van der Waals surface area contributed by atoms with Gasteiger partial charge in [0.1, 0.15) is 5.82 Å². The van der Waals surface area contributed by atoms with Crippen LogP contribution in [0.5, 0.6) is 0 Å². The lowest BCUT2D eigenvalue weighted by molar-refractivity contribution is -0.120. The monoisotopic (exact) mass is 469 g/mol. The van der Waals surface area contributed by atoms with Crippen LogP contribution in [-0.2, 0) is 11.2 Å². The Kier molecular flexibility index (Phi) is 6.30. The Bertz CT molecular complexity index is 1340. The molecule has 1 unspecified atom stereocenters. The van der Waals surface area contributed by atoms with Gasteiger partial charge in [-0.05, 0) is 56.8 Å². The highest BCUT2D eigenvalue weighted by Crippen LogP contribution is 2.26. The second kappa shape index (κ2) is 9.54. The van der Waals surface area contributed by atoms with Gasteiger partial charge >= 0.3 is 0 Å². The van der Waals surface area contributed by atoms with Crippen LogP contribution in [0.15, 0.2) is 55.1 Å². The number of pyridine rings is 2. The molecule has 0 saturated carbocycles. The minimum absolute atomic E-state index is 0.157. The quantitative estimate of drug-likeness (QED) is 0.425. The largest absolute Gasteiger partial charge is 0.309 e. The van der Waals surface area contributed by atoms with E-state index in [-0.39, 0.29) is 5.91 Å². The summed E-state index contributed by atoms with van der Waals surface area (Å²) in [7, 11) is 4.12. The fourth-order valence-electron chi connectivity index (χ4n) is 4.59. The van der Waals surface area contributed by atoms with E-state index in [1.807, 2.05) is 46.1 Å². The van der Waals surface area contributed by atoms with E-state index in [9.17, 15) is 4.79 Å². The van der Waals surface area contributed by atoms with Gasteiger partial charge in [0.15, 0.2) is 0 Å².